The zero-order valence-electron chi connectivity index (χ0n) is 11.6. The van der Waals surface area contributed by atoms with Crippen LogP contribution in [0.4, 0.5) is 28.9 Å². The van der Waals surface area contributed by atoms with Crippen LogP contribution in [0.3, 0.4) is 0 Å². The first kappa shape index (κ1) is 17.2. The zero-order chi connectivity index (χ0) is 17.9. The topological polar surface area (TPSA) is 81.5 Å². The highest BCUT2D eigenvalue weighted by atomic mass is 19.4. The lowest BCUT2D eigenvalue weighted by Crippen LogP contribution is -2.17. The van der Waals surface area contributed by atoms with Crippen molar-refractivity contribution in [3.05, 3.63) is 64.0 Å². The van der Waals surface area contributed by atoms with E-state index in [4.69, 9.17) is 0 Å². The van der Waals surface area contributed by atoms with E-state index in [9.17, 15) is 32.5 Å². The quantitative estimate of drug-likeness (QED) is 0.518. The lowest BCUT2D eigenvalue weighted by molar-refractivity contribution is -0.384. The first-order valence-electron chi connectivity index (χ1n) is 6.27. The maximum absolute atomic E-state index is 13.6. The molecule has 0 spiro atoms. The van der Waals surface area contributed by atoms with Crippen LogP contribution in [0.5, 0.6) is 5.75 Å². The van der Waals surface area contributed by atoms with Crippen LogP contribution in [0.15, 0.2) is 42.5 Å². The standard InChI is InChI=1S/C14H8F4N2O4/c15-12-6-3-9(20(22)23)7-11(12)13(21)19-8-1-4-10(5-2-8)24-14(16,17)18/h1-7H,(H,19,21). The van der Waals surface area contributed by atoms with Crippen LogP contribution in [0, 0.1) is 15.9 Å². The number of halogens is 4. The van der Waals surface area contributed by atoms with Gasteiger partial charge in [0.25, 0.3) is 11.6 Å². The minimum atomic E-state index is -4.85. The van der Waals surface area contributed by atoms with Crippen molar-refractivity contribution in [2.24, 2.45) is 0 Å². The van der Waals surface area contributed by atoms with Crippen LogP contribution < -0.4 is 10.1 Å². The number of nitro benzene ring substituents is 1. The fraction of sp³-hybridized carbons (Fsp3) is 0.0714. The van der Waals surface area contributed by atoms with Gasteiger partial charge in [-0.3, -0.25) is 14.9 Å². The summed E-state index contributed by atoms with van der Waals surface area (Å²) in [5.41, 5.74) is -0.990. The summed E-state index contributed by atoms with van der Waals surface area (Å²) in [4.78, 5) is 21.8. The molecule has 2 rings (SSSR count). The van der Waals surface area contributed by atoms with Gasteiger partial charge >= 0.3 is 6.36 Å². The Balaban J connectivity index is 2.15. The molecule has 1 N–H and O–H groups in total. The average molecular weight is 344 g/mol. The number of nitrogens with zero attached hydrogens (tertiary/aromatic N) is 1. The minimum Gasteiger partial charge on any atom is -0.406 e. The smallest absolute Gasteiger partial charge is 0.406 e. The molecular weight excluding hydrogens is 336 g/mol. The van der Waals surface area contributed by atoms with E-state index in [2.05, 4.69) is 10.1 Å². The number of ether oxygens (including phenoxy) is 1. The first-order chi connectivity index (χ1) is 11.2. The van der Waals surface area contributed by atoms with Crippen molar-refractivity contribution in [2.45, 2.75) is 6.36 Å². The molecule has 0 bridgehead atoms. The molecule has 0 aliphatic heterocycles. The van der Waals surface area contributed by atoms with Crippen molar-refractivity contribution in [1.29, 1.82) is 0 Å². The van der Waals surface area contributed by atoms with Crippen LogP contribution in [-0.4, -0.2) is 17.2 Å². The fourth-order valence-electron chi connectivity index (χ4n) is 1.74. The summed E-state index contributed by atoms with van der Waals surface area (Å²) in [6.45, 7) is 0. The molecule has 24 heavy (non-hydrogen) atoms. The molecule has 0 saturated heterocycles. The first-order valence-corrected chi connectivity index (χ1v) is 6.27. The number of benzene rings is 2. The molecule has 0 aliphatic rings. The van der Waals surface area contributed by atoms with Gasteiger partial charge in [-0.2, -0.15) is 0 Å². The summed E-state index contributed by atoms with van der Waals surface area (Å²) in [6, 6.07) is 6.54. The second-order valence-electron chi connectivity index (χ2n) is 4.45. The molecule has 1 amide bonds. The van der Waals surface area contributed by atoms with Gasteiger partial charge in [0.2, 0.25) is 0 Å². The van der Waals surface area contributed by atoms with Crippen molar-refractivity contribution in [3.63, 3.8) is 0 Å². The van der Waals surface area contributed by atoms with Crippen molar-refractivity contribution < 1.29 is 32.0 Å². The van der Waals surface area contributed by atoms with E-state index < -0.39 is 40.0 Å². The van der Waals surface area contributed by atoms with Crippen LogP contribution in [0.25, 0.3) is 0 Å². The van der Waals surface area contributed by atoms with Gasteiger partial charge in [0.15, 0.2) is 0 Å². The summed E-state index contributed by atoms with van der Waals surface area (Å²) in [7, 11) is 0. The highest BCUT2D eigenvalue weighted by molar-refractivity contribution is 6.04. The van der Waals surface area contributed by atoms with Crippen molar-refractivity contribution in [3.8, 4) is 5.75 Å². The van der Waals surface area contributed by atoms with E-state index in [-0.39, 0.29) is 5.69 Å². The molecule has 0 aromatic heterocycles. The number of hydrogen-bond donors (Lipinski definition) is 1. The minimum absolute atomic E-state index is 0.0560. The van der Waals surface area contributed by atoms with Crippen molar-refractivity contribution >= 4 is 17.3 Å². The van der Waals surface area contributed by atoms with E-state index in [1.54, 1.807) is 0 Å². The number of carbonyl (C=O) groups excluding carboxylic acids is 1. The number of hydrogen-bond acceptors (Lipinski definition) is 4. The van der Waals surface area contributed by atoms with Crippen LogP contribution in [0.2, 0.25) is 0 Å². The van der Waals surface area contributed by atoms with E-state index in [0.717, 1.165) is 42.5 Å². The number of nitrogens with one attached hydrogen (secondary N) is 1. The summed E-state index contributed by atoms with van der Waals surface area (Å²) in [5, 5.41) is 12.9. The molecule has 2 aromatic carbocycles. The predicted octanol–water partition coefficient (Wildman–Crippen LogP) is 3.88. The number of carbonyl (C=O) groups is 1. The largest absolute Gasteiger partial charge is 0.573 e. The van der Waals surface area contributed by atoms with E-state index >= 15 is 0 Å². The predicted molar refractivity (Wildman–Crippen MR) is 74.1 cm³/mol. The van der Waals surface area contributed by atoms with Gasteiger partial charge in [0.1, 0.15) is 11.6 Å². The molecule has 0 radical (unpaired) electrons. The van der Waals surface area contributed by atoms with Crippen LogP contribution in [0.1, 0.15) is 10.4 Å². The van der Waals surface area contributed by atoms with Crippen molar-refractivity contribution in [1.82, 2.24) is 0 Å². The highest BCUT2D eigenvalue weighted by Gasteiger charge is 2.31. The molecule has 126 valence electrons. The Labute approximate surface area is 131 Å². The Bertz CT molecular complexity index is 775. The SMILES string of the molecule is O=C(Nc1ccc(OC(F)(F)F)cc1)c1cc([N+](=O)[O-])ccc1F. The molecule has 10 heteroatoms. The van der Waals surface area contributed by atoms with Gasteiger partial charge in [-0.05, 0) is 30.3 Å². The van der Waals surface area contributed by atoms with Gasteiger partial charge in [-0.15, -0.1) is 13.2 Å². The maximum Gasteiger partial charge on any atom is 0.573 e. The van der Waals surface area contributed by atoms with Crippen molar-refractivity contribution in [2.75, 3.05) is 5.32 Å². The Hall–Kier alpha value is -3.17. The van der Waals surface area contributed by atoms with Gasteiger partial charge in [-0.25, -0.2) is 4.39 Å². The van der Waals surface area contributed by atoms with Crippen LogP contribution in [-0.2, 0) is 0 Å². The second kappa shape index (κ2) is 6.52. The fourth-order valence-corrected chi connectivity index (χ4v) is 1.74. The maximum atomic E-state index is 13.6. The number of rotatable bonds is 4. The third-order valence-corrected chi connectivity index (χ3v) is 2.75. The van der Waals surface area contributed by atoms with Gasteiger partial charge < -0.3 is 10.1 Å². The monoisotopic (exact) mass is 344 g/mol. The Morgan fingerprint density at radius 3 is 2.29 bits per heavy atom. The van der Waals surface area contributed by atoms with Gasteiger partial charge in [0, 0.05) is 17.8 Å². The number of alkyl halides is 3. The molecule has 6 nitrogen and oxygen atoms in total. The van der Waals surface area contributed by atoms with E-state index in [1.165, 1.54) is 0 Å². The summed E-state index contributed by atoms with van der Waals surface area (Å²) < 4.78 is 53.4. The molecule has 0 unspecified atom stereocenters. The van der Waals surface area contributed by atoms with E-state index in [1.807, 2.05) is 0 Å². The molecule has 0 heterocycles. The Kier molecular flexibility index (Phi) is 4.67. The third kappa shape index (κ3) is 4.41. The molecule has 0 atom stereocenters. The molecule has 0 aliphatic carbocycles. The molecule has 2 aromatic rings. The lowest BCUT2D eigenvalue weighted by Gasteiger charge is -2.10. The van der Waals surface area contributed by atoms with Gasteiger partial charge in [-0.1, -0.05) is 0 Å². The molecular formula is C14H8F4N2O4. The summed E-state index contributed by atoms with van der Waals surface area (Å²) in [6.07, 6.45) is -4.85. The number of nitro groups is 1. The summed E-state index contributed by atoms with van der Waals surface area (Å²) in [5.74, 6) is -2.46. The molecule has 0 saturated carbocycles. The normalized spacial score (nSPS) is 11.0. The second-order valence-corrected chi connectivity index (χ2v) is 4.45. The number of amides is 1. The number of non-ortho nitro benzene ring substituents is 1. The highest BCUT2D eigenvalue weighted by Crippen LogP contribution is 2.24. The summed E-state index contributed by atoms with van der Waals surface area (Å²) >= 11 is 0. The Morgan fingerprint density at radius 1 is 1.12 bits per heavy atom. The lowest BCUT2D eigenvalue weighted by atomic mass is 10.1. The van der Waals surface area contributed by atoms with Gasteiger partial charge in [0.05, 0.1) is 10.5 Å². The molecule has 0 fully saturated rings. The van der Waals surface area contributed by atoms with E-state index in [0.29, 0.717) is 0 Å². The third-order valence-electron chi connectivity index (χ3n) is 2.75. The number of anilines is 1. The Morgan fingerprint density at radius 2 is 1.75 bits per heavy atom. The average Bonchev–Trinajstić information content (AvgIpc) is 2.48. The van der Waals surface area contributed by atoms with Crippen LogP contribution >= 0.6 is 0 Å². The zero-order valence-corrected chi connectivity index (χ0v) is 11.6.